The Kier molecular flexibility index (Phi) is 6.70. The zero-order valence-corrected chi connectivity index (χ0v) is 15.9. The minimum atomic E-state index is -1.29. The normalized spacial score (nSPS) is 12.7. The Morgan fingerprint density at radius 3 is 2.25 bits per heavy atom. The molecule has 1 aromatic heterocycles. The highest BCUT2D eigenvalue weighted by Gasteiger charge is 2.24. The highest BCUT2D eigenvalue weighted by molar-refractivity contribution is 5.97. The van der Waals surface area contributed by atoms with Crippen molar-refractivity contribution in [3.8, 4) is 11.3 Å². The van der Waals surface area contributed by atoms with E-state index in [1.54, 1.807) is 24.3 Å². The molecule has 0 unspecified atom stereocenters. The molecule has 2 amide bonds. The maximum atomic E-state index is 12.5. The van der Waals surface area contributed by atoms with E-state index in [4.69, 9.17) is 5.11 Å². The number of benzene rings is 1. The average molecular weight is 385 g/mol. The van der Waals surface area contributed by atoms with Crippen LogP contribution in [0, 0.1) is 5.92 Å². The van der Waals surface area contributed by atoms with Crippen LogP contribution in [0.4, 0.5) is 5.69 Å². The number of aromatic carboxylic acids is 1. The van der Waals surface area contributed by atoms with E-state index in [2.05, 4.69) is 15.6 Å². The second kappa shape index (κ2) is 8.98. The minimum Gasteiger partial charge on any atom is -0.477 e. The molecule has 2 atom stereocenters. The van der Waals surface area contributed by atoms with Gasteiger partial charge in [-0.05, 0) is 35.7 Å². The van der Waals surface area contributed by atoms with Crippen molar-refractivity contribution in [3.63, 3.8) is 0 Å². The number of H-pyrrole nitrogens is 1. The van der Waals surface area contributed by atoms with E-state index in [1.807, 2.05) is 13.8 Å². The van der Waals surface area contributed by atoms with Crippen LogP contribution in [0.25, 0.3) is 11.3 Å². The largest absolute Gasteiger partial charge is 0.477 e. The summed E-state index contributed by atoms with van der Waals surface area (Å²) < 4.78 is 0. The Morgan fingerprint density at radius 2 is 1.75 bits per heavy atom. The molecule has 0 aliphatic rings. The molecule has 0 aliphatic heterocycles. The van der Waals surface area contributed by atoms with Gasteiger partial charge in [0.1, 0.15) is 11.6 Å². The van der Waals surface area contributed by atoms with Gasteiger partial charge in [-0.2, -0.15) is 0 Å². The van der Waals surface area contributed by atoms with Gasteiger partial charge >= 0.3 is 5.97 Å². The minimum absolute atomic E-state index is 0.0269. The first kappa shape index (κ1) is 20.9. The second-order valence-electron chi connectivity index (χ2n) is 6.55. The van der Waals surface area contributed by atoms with Crippen molar-refractivity contribution in [2.75, 3.05) is 5.32 Å². The Labute approximate surface area is 162 Å². The third kappa shape index (κ3) is 5.06. The number of pyridine rings is 1. The molecule has 1 aromatic carbocycles. The van der Waals surface area contributed by atoms with E-state index in [0.717, 1.165) is 6.42 Å². The van der Waals surface area contributed by atoms with Gasteiger partial charge in [0.05, 0.1) is 0 Å². The number of nitrogens with one attached hydrogen (secondary N) is 3. The molecule has 0 fully saturated rings. The number of rotatable bonds is 7. The van der Waals surface area contributed by atoms with Crippen molar-refractivity contribution >= 4 is 23.5 Å². The van der Waals surface area contributed by atoms with Crippen LogP contribution in [0.15, 0.2) is 41.2 Å². The van der Waals surface area contributed by atoms with E-state index in [1.165, 1.54) is 19.1 Å². The molecule has 148 valence electrons. The summed E-state index contributed by atoms with van der Waals surface area (Å²) in [5, 5.41) is 14.4. The van der Waals surface area contributed by atoms with Crippen LogP contribution >= 0.6 is 0 Å². The van der Waals surface area contributed by atoms with E-state index >= 15 is 0 Å². The lowest BCUT2D eigenvalue weighted by Gasteiger charge is -2.23. The van der Waals surface area contributed by atoms with Gasteiger partial charge in [0, 0.05) is 18.3 Å². The lowest BCUT2D eigenvalue weighted by atomic mass is 9.98. The van der Waals surface area contributed by atoms with Crippen LogP contribution in [0.3, 0.4) is 0 Å². The summed E-state index contributed by atoms with van der Waals surface area (Å²) >= 11 is 0. The van der Waals surface area contributed by atoms with E-state index < -0.39 is 17.6 Å². The SMILES string of the molecule is CC[C@H](C)[C@H](NC(C)=O)C(=O)Nc1ccc(-c2ccc(C(=O)O)c(=O)[nH]2)cc1. The fourth-order valence-corrected chi connectivity index (χ4v) is 2.68. The zero-order chi connectivity index (χ0) is 20.8. The van der Waals surface area contributed by atoms with Crippen molar-refractivity contribution in [1.29, 1.82) is 0 Å². The standard InChI is InChI=1S/C20H23N3O5/c1-4-11(2)17(21-12(3)24)19(26)22-14-7-5-13(6-8-14)16-10-9-15(20(27)28)18(25)23-16/h5-11,17H,4H2,1-3H3,(H,21,24)(H,22,26)(H,23,25)(H,27,28)/t11-,17-/m0/s1. The molecule has 28 heavy (non-hydrogen) atoms. The molecule has 2 rings (SSSR count). The monoisotopic (exact) mass is 385 g/mol. The maximum absolute atomic E-state index is 12.5. The van der Waals surface area contributed by atoms with Gasteiger partial charge in [0.2, 0.25) is 11.8 Å². The molecule has 8 heteroatoms. The molecule has 0 aliphatic carbocycles. The molecule has 0 radical (unpaired) electrons. The number of aromatic nitrogens is 1. The number of anilines is 1. The van der Waals surface area contributed by atoms with Crippen LogP contribution < -0.4 is 16.2 Å². The van der Waals surface area contributed by atoms with Crippen molar-refractivity contribution in [2.45, 2.75) is 33.2 Å². The lowest BCUT2D eigenvalue weighted by Crippen LogP contribution is -2.46. The number of carbonyl (C=O) groups excluding carboxylic acids is 2. The number of carboxylic acids is 1. The second-order valence-corrected chi connectivity index (χ2v) is 6.55. The van der Waals surface area contributed by atoms with Crippen LogP contribution in [-0.2, 0) is 9.59 Å². The van der Waals surface area contributed by atoms with E-state index in [9.17, 15) is 19.2 Å². The predicted molar refractivity (Wildman–Crippen MR) is 105 cm³/mol. The third-order valence-corrected chi connectivity index (χ3v) is 4.46. The average Bonchev–Trinajstić information content (AvgIpc) is 2.65. The molecular formula is C20H23N3O5. The van der Waals surface area contributed by atoms with Gasteiger partial charge in [-0.1, -0.05) is 32.4 Å². The summed E-state index contributed by atoms with van der Waals surface area (Å²) in [4.78, 5) is 49.1. The Balaban J connectivity index is 2.17. The first-order valence-electron chi connectivity index (χ1n) is 8.88. The number of carbonyl (C=O) groups is 3. The highest BCUT2D eigenvalue weighted by Crippen LogP contribution is 2.19. The van der Waals surface area contributed by atoms with Crippen LogP contribution in [0.2, 0.25) is 0 Å². The van der Waals surface area contributed by atoms with Crippen molar-refractivity contribution in [1.82, 2.24) is 10.3 Å². The van der Waals surface area contributed by atoms with E-state index in [0.29, 0.717) is 16.9 Å². The molecule has 8 nitrogen and oxygen atoms in total. The fourth-order valence-electron chi connectivity index (χ4n) is 2.68. The summed E-state index contributed by atoms with van der Waals surface area (Å²) in [5.41, 5.74) is 0.642. The molecule has 4 N–H and O–H groups in total. The van der Waals surface area contributed by atoms with Gasteiger partial charge in [0.15, 0.2) is 0 Å². The van der Waals surface area contributed by atoms with Gasteiger partial charge in [0.25, 0.3) is 5.56 Å². The molecule has 1 heterocycles. The smallest absolute Gasteiger partial charge is 0.341 e. The third-order valence-electron chi connectivity index (χ3n) is 4.46. The highest BCUT2D eigenvalue weighted by atomic mass is 16.4. The Morgan fingerprint density at radius 1 is 1.11 bits per heavy atom. The van der Waals surface area contributed by atoms with Gasteiger partial charge < -0.3 is 20.7 Å². The van der Waals surface area contributed by atoms with Gasteiger partial charge in [-0.3, -0.25) is 14.4 Å². The zero-order valence-electron chi connectivity index (χ0n) is 15.9. The van der Waals surface area contributed by atoms with E-state index in [-0.39, 0.29) is 23.3 Å². The van der Waals surface area contributed by atoms with Crippen molar-refractivity contribution in [3.05, 3.63) is 52.3 Å². The molecule has 0 saturated heterocycles. The lowest BCUT2D eigenvalue weighted by molar-refractivity contribution is -0.126. The van der Waals surface area contributed by atoms with Crippen LogP contribution in [0.1, 0.15) is 37.6 Å². The van der Waals surface area contributed by atoms with Crippen LogP contribution in [0.5, 0.6) is 0 Å². The molecule has 0 bridgehead atoms. The first-order valence-corrected chi connectivity index (χ1v) is 8.88. The number of hydrogen-bond acceptors (Lipinski definition) is 4. The fraction of sp³-hybridized carbons (Fsp3) is 0.300. The Bertz CT molecular complexity index is 934. The van der Waals surface area contributed by atoms with Crippen LogP contribution in [-0.4, -0.2) is 33.9 Å². The molecule has 2 aromatic rings. The summed E-state index contributed by atoms with van der Waals surface area (Å²) in [6.45, 7) is 5.20. The maximum Gasteiger partial charge on any atom is 0.341 e. The molecular weight excluding hydrogens is 362 g/mol. The number of carboxylic acid groups (broad SMARTS) is 1. The number of amides is 2. The summed E-state index contributed by atoms with van der Waals surface area (Å²) in [5.74, 6) is -1.90. The number of hydrogen-bond donors (Lipinski definition) is 4. The predicted octanol–water partition coefficient (Wildman–Crippen LogP) is 2.23. The van der Waals surface area contributed by atoms with Gasteiger partial charge in [-0.15, -0.1) is 0 Å². The summed E-state index contributed by atoms with van der Waals surface area (Å²) in [6, 6.07) is 8.83. The van der Waals surface area contributed by atoms with Crippen molar-refractivity contribution in [2.24, 2.45) is 5.92 Å². The molecule has 0 saturated carbocycles. The summed E-state index contributed by atoms with van der Waals surface area (Å²) in [6.07, 6.45) is 0.733. The first-order chi connectivity index (χ1) is 13.2. The molecule has 0 spiro atoms. The summed E-state index contributed by atoms with van der Waals surface area (Å²) in [7, 11) is 0. The topological polar surface area (TPSA) is 128 Å². The van der Waals surface area contributed by atoms with Gasteiger partial charge in [-0.25, -0.2) is 4.79 Å². The Hall–Kier alpha value is -3.42. The quantitative estimate of drug-likeness (QED) is 0.581. The number of aromatic amines is 1. The van der Waals surface area contributed by atoms with Crippen molar-refractivity contribution < 1.29 is 19.5 Å².